The lowest BCUT2D eigenvalue weighted by atomic mass is 9.87. The fourth-order valence-electron chi connectivity index (χ4n) is 4.30. The molecule has 4 amide bonds. The minimum absolute atomic E-state index is 0.0233. The summed E-state index contributed by atoms with van der Waals surface area (Å²) in [6.07, 6.45) is 0.433. The average Bonchev–Trinajstić information content (AvgIpc) is 3.55. The first-order valence-corrected chi connectivity index (χ1v) is 12.6. The normalized spacial score (nSPS) is 16.1. The number of para-hydroxylation sites is 1. The molecule has 2 aromatic rings. The van der Waals surface area contributed by atoms with E-state index < -0.39 is 60.1 Å². The number of aromatic amines is 1. The quantitative estimate of drug-likeness (QED) is 0.243. The standard InChI is InChI=1S/C25H34N8O6/c1-5-14(2)21(28-24(39)25(3,4)11-20(35)36)23(38)27-13-19(34)33-16-9-7-6-8-15(16)10-17(33)22(37)26-12-18-29-31-32-30-18/h6-9,14,17,21H,5,10-13H2,1-4H3,(H,26,37)(H,27,38)(H,28,39)(H,35,36)(H,29,30,31,32)/t14?,17-,21?/m0/s1. The SMILES string of the molecule is CCC(C)C(NC(=O)C(C)(C)CC(=O)O)C(=O)NCC(=O)N1c2ccccc2C[C@H]1C(=O)NCc1nn[nH]n1. The number of fused-ring (bicyclic) bond motifs is 1. The Labute approximate surface area is 225 Å². The zero-order chi connectivity index (χ0) is 28.7. The fourth-order valence-corrected chi connectivity index (χ4v) is 4.30. The highest BCUT2D eigenvalue weighted by atomic mass is 16.4. The van der Waals surface area contributed by atoms with Crippen LogP contribution in [0.1, 0.15) is 51.9 Å². The molecule has 39 heavy (non-hydrogen) atoms. The van der Waals surface area contributed by atoms with Crippen molar-refractivity contribution in [3.63, 3.8) is 0 Å². The van der Waals surface area contributed by atoms with Crippen LogP contribution in [0.2, 0.25) is 0 Å². The van der Waals surface area contributed by atoms with Crippen molar-refractivity contribution in [2.75, 3.05) is 11.4 Å². The summed E-state index contributed by atoms with van der Waals surface area (Å²) in [5.74, 6) is -3.22. The van der Waals surface area contributed by atoms with Crippen LogP contribution in [0.4, 0.5) is 5.69 Å². The van der Waals surface area contributed by atoms with Gasteiger partial charge in [0, 0.05) is 12.1 Å². The van der Waals surface area contributed by atoms with Crippen LogP contribution in [-0.2, 0) is 36.9 Å². The van der Waals surface area contributed by atoms with Crippen LogP contribution in [0.3, 0.4) is 0 Å². The predicted octanol–water partition coefficient (Wildman–Crippen LogP) is -0.0782. The predicted molar refractivity (Wildman–Crippen MR) is 138 cm³/mol. The van der Waals surface area contributed by atoms with Crippen molar-refractivity contribution in [1.82, 2.24) is 36.6 Å². The molecule has 14 nitrogen and oxygen atoms in total. The first-order valence-electron chi connectivity index (χ1n) is 12.6. The van der Waals surface area contributed by atoms with Crippen molar-refractivity contribution >= 4 is 35.3 Å². The molecule has 2 unspecified atom stereocenters. The van der Waals surface area contributed by atoms with E-state index in [0.717, 1.165) is 5.56 Å². The minimum Gasteiger partial charge on any atom is -0.481 e. The van der Waals surface area contributed by atoms with Gasteiger partial charge >= 0.3 is 5.97 Å². The van der Waals surface area contributed by atoms with Gasteiger partial charge in [-0.3, -0.25) is 28.9 Å². The highest BCUT2D eigenvalue weighted by Crippen LogP contribution is 2.32. The maximum atomic E-state index is 13.4. The van der Waals surface area contributed by atoms with Gasteiger partial charge < -0.3 is 21.1 Å². The molecule has 14 heteroatoms. The third-order valence-corrected chi connectivity index (χ3v) is 6.76. The molecule has 0 saturated heterocycles. The molecule has 1 aromatic carbocycles. The number of amides is 4. The Morgan fingerprint density at radius 3 is 2.54 bits per heavy atom. The first-order chi connectivity index (χ1) is 18.4. The number of H-pyrrole nitrogens is 1. The molecule has 5 N–H and O–H groups in total. The van der Waals surface area contributed by atoms with E-state index in [0.29, 0.717) is 12.1 Å². The zero-order valence-electron chi connectivity index (χ0n) is 22.4. The van der Waals surface area contributed by atoms with Gasteiger partial charge in [0.2, 0.25) is 23.6 Å². The molecular formula is C25H34N8O6. The van der Waals surface area contributed by atoms with E-state index in [1.54, 1.807) is 19.1 Å². The lowest BCUT2D eigenvalue weighted by Gasteiger charge is -2.29. The number of nitrogens with one attached hydrogen (secondary N) is 4. The summed E-state index contributed by atoms with van der Waals surface area (Å²) < 4.78 is 0. The third-order valence-electron chi connectivity index (χ3n) is 6.76. The molecule has 0 aliphatic carbocycles. The third kappa shape index (κ3) is 7.15. The van der Waals surface area contributed by atoms with Gasteiger partial charge in [0.15, 0.2) is 5.82 Å². The molecule has 3 atom stereocenters. The summed E-state index contributed by atoms with van der Waals surface area (Å²) in [6, 6.07) is 5.30. The Bertz CT molecular complexity index is 1210. The molecule has 0 radical (unpaired) electrons. The number of carbonyl (C=O) groups excluding carboxylic acids is 4. The van der Waals surface area contributed by atoms with E-state index in [4.69, 9.17) is 5.11 Å². The van der Waals surface area contributed by atoms with Crippen LogP contribution in [-0.4, -0.2) is 74.0 Å². The molecule has 0 spiro atoms. The van der Waals surface area contributed by atoms with E-state index in [1.807, 2.05) is 19.1 Å². The average molecular weight is 543 g/mol. The zero-order valence-corrected chi connectivity index (χ0v) is 22.4. The van der Waals surface area contributed by atoms with Crippen molar-refractivity contribution < 1.29 is 29.1 Å². The number of benzene rings is 1. The maximum absolute atomic E-state index is 13.4. The van der Waals surface area contributed by atoms with E-state index >= 15 is 0 Å². The second-order valence-electron chi connectivity index (χ2n) is 10.2. The summed E-state index contributed by atoms with van der Waals surface area (Å²) in [5.41, 5.74) is 0.135. The number of anilines is 1. The van der Waals surface area contributed by atoms with Crippen LogP contribution in [0.25, 0.3) is 0 Å². The van der Waals surface area contributed by atoms with Crippen molar-refractivity contribution in [3.8, 4) is 0 Å². The van der Waals surface area contributed by atoms with Crippen LogP contribution in [0, 0.1) is 11.3 Å². The van der Waals surface area contributed by atoms with E-state index in [-0.39, 0.29) is 24.7 Å². The lowest BCUT2D eigenvalue weighted by Crippen LogP contribution is -2.56. The van der Waals surface area contributed by atoms with Crippen molar-refractivity contribution in [2.24, 2.45) is 11.3 Å². The highest BCUT2D eigenvalue weighted by Gasteiger charge is 2.39. The topological polar surface area (TPSA) is 199 Å². The van der Waals surface area contributed by atoms with Crippen molar-refractivity contribution in [2.45, 2.75) is 65.6 Å². The number of hydrogen-bond acceptors (Lipinski definition) is 8. The molecule has 2 heterocycles. The Kier molecular flexibility index (Phi) is 9.33. The summed E-state index contributed by atoms with van der Waals surface area (Å²) in [5, 5.41) is 30.4. The molecule has 3 rings (SSSR count). The second kappa shape index (κ2) is 12.5. The molecule has 1 aliphatic rings. The van der Waals surface area contributed by atoms with Gasteiger partial charge in [0.25, 0.3) is 0 Å². The monoisotopic (exact) mass is 542 g/mol. The van der Waals surface area contributed by atoms with Gasteiger partial charge in [-0.15, -0.1) is 10.2 Å². The Hall–Kier alpha value is -4.36. The van der Waals surface area contributed by atoms with Gasteiger partial charge in [-0.1, -0.05) is 57.5 Å². The van der Waals surface area contributed by atoms with Gasteiger partial charge in [-0.05, 0) is 17.5 Å². The highest BCUT2D eigenvalue weighted by molar-refractivity contribution is 6.05. The maximum Gasteiger partial charge on any atom is 0.304 e. The number of hydrogen-bond donors (Lipinski definition) is 5. The van der Waals surface area contributed by atoms with Gasteiger partial charge in [-0.25, -0.2) is 0 Å². The smallest absolute Gasteiger partial charge is 0.304 e. The molecule has 1 aromatic heterocycles. The Morgan fingerprint density at radius 2 is 1.90 bits per heavy atom. The molecule has 0 bridgehead atoms. The summed E-state index contributed by atoms with van der Waals surface area (Å²) >= 11 is 0. The van der Waals surface area contributed by atoms with Crippen LogP contribution < -0.4 is 20.9 Å². The molecule has 0 fully saturated rings. The lowest BCUT2D eigenvalue weighted by molar-refractivity contribution is -0.145. The van der Waals surface area contributed by atoms with E-state index in [9.17, 15) is 24.0 Å². The number of aliphatic carboxylic acids is 1. The number of rotatable bonds is 12. The fraction of sp³-hybridized carbons (Fsp3) is 0.520. The van der Waals surface area contributed by atoms with Gasteiger partial charge in [0.05, 0.1) is 24.9 Å². The summed E-state index contributed by atoms with van der Waals surface area (Å²) in [6.45, 7) is 6.21. The van der Waals surface area contributed by atoms with Crippen LogP contribution in [0.15, 0.2) is 24.3 Å². The van der Waals surface area contributed by atoms with Crippen molar-refractivity contribution in [1.29, 1.82) is 0 Å². The second-order valence-corrected chi connectivity index (χ2v) is 10.2. The molecule has 0 saturated carbocycles. The molecular weight excluding hydrogens is 508 g/mol. The first kappa shape index (κ1) is 29.2. The molecule has 1 aliphatic heterocycles. The number of nitrogens with zero attached hydrogens (tertiary/aromatic N) is 4. The van der Waals surface area contributed by atoms with Gasteiger partial charge in [0.1, 0.15) is 12.1 Å². The largest absolute Gasteiger partial charge is 0.481 e. The molecule has 210 valence electrons. The summed E-state index contributed by atoms with van der Waals surface area (Å²) in [7, 11) is 0. The van der Waals surface area contributed by atoms with Gasteiger partial charge in [-0.2, -0.15) is 5.21 Å². The van der Waals surface area contributed by atoms with Crippen LogP contribution in [0.5, 0.6) is 0 Å². The number of aromatic nitrogens is 4. The summed E-state index contributed by atoms with van der Waals surface area (Å²) in [4.78, 5) is 64.8. The van der Waals surface area contributed by atoms with Crippen LogP contribution >= 0.6 is 0 Å². The number of tetrazole rings is 1. The van der Waals surface area contributed by atoms with E-state index in [2.05, 4.69) is 36.6 Å². The Balaban J connectivity index is 1.70. The Morgan fingerprint density at radius 1 is 1.18 bits per heavy atom. The number of carbonyl (C=O) groups is 5. The number of carboxylic acid groups (broad SMARTS) is 1. The minimum atomic E-state index is -1.24. The van der Waals surface area contributed by atoms with Crippen molar-refractivity contribution in [3.05, 3.63) is 35.7 Å². The van der Waals surface area contributed by atoms with E-state index in [1.165, 1.54) is 18.7 Å². The number of carboxylic acids is 1.